The first kappa shape index (κ1) is 32.6. The maximum absolute atomic E-state index is 14.5. The van der Waals surface area contributed by atoms with Gasteiger partial charge in [-0.05, 0) is 29.2 Å². The van der Waals surface area contributed by atoms with E-state index in [9.17, 15) is 33.5 Å². The Hall–Kier alpha value is -5.33. The van der Waals surface area contributed by atoms with Crippen LogP contribution in [0, 0.1) is 0 Å². The summed E-state index contributed by atoms with van der Waals surface area (Å²) in [5, 5.41) is 14.8. The number of urea groups is 1. The first-order valence-electron chi connectivity index (χ1n) is 14.5. The lowest BCUT2D eigenvalue weighted by atomic mass is 10.0. The number of nitrogens with zero attached hydrogens (tertiary/aromatic N) is 2. The van der Waals surface area contributed by atoms with Gasteiger partial charge in [0.2, 0.25) is 17.7 Å². The van der Waals surface area contributed by atoms with E-state index in [0.29, 0.717) is 5.56 Å². The molecular weight excluding hydrogens is 583 g/mol. The number of likely N-dealkylation sites (tertiary alicyclic amines) is 1. The van der Waals surface area contributed by atoms with Crippen LogP contribution in [0.2, 0.25) is 0 Å². The van der Waals surface area contributed by atoms with Gasteiger partial charge in [-0.2, -0.15) is 0 Å². The molecule has 13 heteroatoms. The number of aliphatic carboxylic acids is 1. The van der Waals surface area contributed by atoms with Crippen molar-refractivity contribution >= 4 is 29.7 Å². The third-order valence-electron chi connectivity index (χ3n) is 7.22. The van der Waals surface area contributed by atoms with Gasteiger partial charge in [0.15, 0.2) is 0 Å². The van der Waals surface area contributed by atoms with Gasteiger partial charge in [0.05, 0.1) is 19.4 Å². The molecule has 0 bridgehead atoms. The van der Waals surface area contributed by atoms with Crippen LogP contribution in [0.1, 0.15) is 29.5 Å². The highest BCUT2D eigenvalue weighted by Crippen LogP contribution is 2.21. The summed E-state index contributed by atoms with van der Waals surface area (Å²) in [6.45, 7) is -0.393. The van der Waals surface area contributed by atoms with E-state index in [-0.39, 0.29) is 32.1 Å². The van der Waals surface area contributed by atoms with E-state index in [1.807, 2.05) is 18.2 Å². The lowest BCUT2D eigenvalue weighted by Crippen LogP contribution is -2.57. The van der Waals surface area contributed by atoms with Gasteiger partial charge >= 0.3 is 12.0 Å². The van der Waals surface area contributed by atoms with Crippen molar-refractivity contribution in [2.24, 2.45) is 0 Å². The number of carbonyl (C=O) groups is 5. The second kappa shape index (κ2) is 15.9. The number of halogens is 1. The molecule has 1 aliphatic rings. The fourth-order valence-electron chi connectivity index (χ4n) is 5.10. The molecule has 1 saturated heterocycles. The Balaban J connectivity index is 1.44. The molecule has 1 aromatic heterocycles. The summed E-state index contributed by atoms with van der Waals surface area (Å²) in [6.07, 6.45) is 1.13. The number of hydrazine groups is 1. The molecule has 4 atom stereocenters. The first-order valence-corrected chi connectivity index (χ1v) is 14.5. The topological polar surface area (TPSA) is 170 Å². The molecule has 1 aliphatic heterocycles. The van der Waals surface area contributed by atoms with Gasteiger partial charge in [-0.3, -0.25) is 29.6 Å². The molecular formula is C32H35FN6O6. The van der Waals surface area contributed by atoms with Gasteiger partial charge < -0.3 is 20.6 Å². The molecule has 0 aliphatic carbocycles. The molecule has 236 valence electrons. The normalized spacial score (nSPS) is 17.0. The predicted octanol–water partition coefficient (Wildman–Crippen LogP) is 1.71. The summed E-state index contributed by atoms with van der Waals surface area (Å²) in [4.78, 5) is 68.8. The number of hydrogen-bond donors (Lipinski definition) is 5. The SMILES string of the molecule is O=C(O)C[C@H](Cc1ccccc1)NC(=O)[C@H](Cc1cccnc1)NC(=O)[C@@H]1C[C@@H](F)CN1C(=O)NNC(=O)Cc1ccccc1. The van der Waals surface area contributed by atoms with Crippen LogP contribution in [0.3, 0.4) is 0 Å². The van der Waals surface area contributed by atoms with Crippen molar-refractivity contribution in [1.29, 1.82) is 0 Å². The third kappa shape index (κ3) is 10.1. The molecule has 2 aromatic carbocycles. The molecule has 0 radical (unpaired) electrons. The molecule has 0 unspecified atom stereocenters. The zero-order valence-corrected chi connectivity index (χ0v) is 24.4. The number of pyridine rings is 1. The number of carboxylic acid groups (broad SMARTS) is 1. The summed E-state index contributed by atoms with van der Waals surface area (Å²) < 4.78 is 14.5. The van der Waals surface area contributed by atoms with Crippen LogP contribution < -0.4 is 21.5 Å². The minimum atomic E-state index is -1.51. The van der Waals surface area contributed by atoms with Gasteiger partial charge in [-0.15, -0.1) is 0 Å². The number of hydrogen-bond acceptors (Lipinski definition) is 6. The summed E-state index contributed by atoms with van der Waals surface area (Å²) in [6, 6.07) is 17.1. The maximum Gasteiger partial charge on any atom is 0.336 e. The molecule has 5 N–H and O–H groups in total. The molecule has 1 fully saturated rings. The summed E-state index contributed by atoms with van der Waals surface area (Å²) >= 11 is 0. The number of benzene rings is 2. The predicted molar refractivity (Wildman–Crippen MR) is 161 cm³/mol. The highest BCUT2D eigenvalue weighted by atomic mass is 19.1. The van der Waals surface area contributed by atoms with Crippen LogP contribution in [0.5, 0.6) is 0 Å². The zero-order valence-electron chi connectivity index (χ0n) is 24.4. The van der Waals surface area contributed by atoms with Crippen LogP contribution in [0.15, 0.2) is 85.2 Å². The van der Waals surface area contributed by atoms with E-state index < -0.39 is 60.6 Å². The van der Waals surface area contributed by atoms with Gasteiger partial charge in [0, 0.05) is 31.3 Å². The van der Waals surface area contributed by atoms with E-state index >= 15 is 0 Å². The van der Waals surface area contributed by atoms with Crippen LogP contribution in [-0.4, -0.2) is 75.6 Å². The zero-order chi connectivity index (χ0) is 32.2. The molecule has 0 saturated carbocycles. The Kier molecular flexibility index (Phi) is 11.5. The van der Waals surface area contributed by atoms with Gasteiger partial charge in [-0.1, -0.05) is 66.7 Å². The number of carboxylic acids is 1. The van der Waals surface area contributed by atoms with E-state index in [0.717, 1.165) is 16.0 Å². The number of carbonyl (C=O) groups excluding carboxylic acids is 4. The minimum absolute atomic E-state index is 0.00402. The third-order valence-corrected chi connectivity index (χ3v) is 7.22. The van der Waals surface area contributed by atoms with Gasteiger partial charge in [-0.25, -0.2) is 14.6 Å². The number of amides is 5. The first-order chi connectivity index (χ1) is 21.7. The summed E-state index contributed by atoms with van der Waals surface area (Å²) in [5.74, 6) is -3.04. The molecule has 3 aromatic rings. The second-order valence-corrected chi connectivity index (χ2v) is 10.8. The monoisotopic (exact) mass is 618 g/mol. The Morgan fingerprint density at radius 2 is 1.53 bits per heavy atom. The van der Waals surface area contributed by atoms with Crippen molar-refractivity contribution in [3.05, 3.63) is 102 Å². The summed E-state index contributed by atoms with van der Waals surface area (Å²) in [5.41, 5.74) is 6.66. The Bertz CT molecular complexity index is 1460. The Labute approximate surface area is 259 Å². The van der Waals surface area contributed by atoms with Crippen LogP contribution in [0.25, 0.3) is 0 Å². The molecule has 2 heterocycles. The van der Waals surface area contributed by atoms with Crippen molar-refractivity contribution in [3.8, 4) is 0 Å². The van der Waals surface area contributed by atoms with Crippen molar-refractivity contribution < 1.29 is 33.5 Å². The Morgan fingerprint density at radius 1 is 0.867 bits per heavy atom. The lowest BCUT2D eigenvalue weighted by molar-refractivity contribution is -0.138. The van der Waals surface area contributed by atoms with Gasteiger partial charge in [0.25, 0.3) is 0 Å². The summed E-state index contributed by atoms with van der Waals surface area (Å²) in [7, 11) is 0. The lowest BCUT2D eigenvalue weighted by Gasteiger charge is -2.27. The van der Waals surface area contributed by atoms with Crippen LogP contribution in [0.4, 0.5) is 9.18 Å². The maximum atomic E-state index is 14.5. The van der Waals surface area contributed by atoms with Crippen molar-refractivity contribution in [2.75, 3.05) is 6.54 Å². The number of rotatable bonds is 12. The number of alkyl halides is 1. The minimum Gasteiger partial charge on any atom is -0.481 e. The average molecular weight is 619 g/mol. The van der Waals surface area contributed by atoms with Crippen molar-refractivity contribution in [3.63, 3.8) is 0 Å². The van der Waals surface area contributed by atoms with Crippen molar-refractivity contribution in [1.82, 2.24) is 31.4 Å². The fourth-order valence-corrected chi connectivity index (χ4v) is 5.10. The fraction of sp³-hybridized carbons (Fsp3) is 0.312. The molecule has 0 spiro atoms. The van der Waals surface area contributed by atoms with E-state index in [1.54, 1.807) is 60.8 Å². The van der Waals surface area contributed by atoms with Crippen molar-refractivity contribution in [2.45, 2.75) is 56.4 Å². The van der Waals surface area contributed by atoms with E-state index in [4.69, 9.17) is 0 Å². The Morgan fingerprint density at radius 3 is 2.18 bits per heavy atom. The number of nitrogens with one attached hydrogen (secondary N) is 4. The molecule has 4 rings (SSSR count). The molecule has 12 nitrogen and oxygen atoms in total. The van der Waals surface area contributed by atoms with E-state index in [2.05, 4.69) is 26.5 Å². The molecule has 5 amide bonds. The molecule has 45 heavy (non-hydrogen) atoms. The second-order valence-electron chi connectivity index (χ2n) is 10.8. The number of aromatic nitrogens is 1. The standard InChI is InChI=1S/C32H35FN6O6/c33-24-17-27(39(20-24)32(45)38-37-28(40)16-22-10-5-2-6-11-22)31(44)36-26(15-23-12-7-13-34-19-23)30(43)35-25(18-29(41)42)14-21-8-3-1-4-9-21/h1-13,19,24-27H,14-18,20H2,(H,35,43)(H,36,44)(H,37,40)(H,38,45)(H,41,42)/t24-,25+,26+,27+/m1/s1. The van der Waals surface area contributed by atoms with Crippen LogP contribution >= 0.6 is 0 Å². The van der Waals surface area contributed by atoms with Gasteiger partial charge in [0.1, 0.15) is 18.3 Å². The largest absolute Gasteiger partial charge is 0.481 e. The van der Waals surface area contributed by atoms with E-state index in [1.165, 1.54) is 6.20 Å². The van der Waals surface area contributed by atoms with Crippen LogP contribution in [-0.2, 0) is 38.4 Å². The highest BCUT2D eigenvalue weighted by Gasteiger charge is 2.41. The smallest absolute Gasteiger partial charge is 0.336 e. The highest BCUT2D eigenvalue weighted by molar-refractivity contribution is 5.93. The average Bonchev–Trinajstić information content (AvgIpc) is 3.42. The quantitative estimate of drug-likeness (QED) is 0.193.